The zero-order chi connectivity index (χ0) is 14.8. The Morgan fingerprint density at radius 1 is 0.591 bits per heavy atom. The van der Waals surface area contributed by atoms with E-state index in [0.29, 0.717) is 0 Å². The molecule has 3 aliphatic carbocycles. The highest BCUT2D eigenvalue weighted by Gasteiger charge is 2.56. The molecule has 2 N–H and O–H groups in total. The maximum absolute atomic E-state index is 12.5. The van der Waals surface area contributed by atoms with Crippen LogP contribution < -0.4 is 10.9 Å². The van der Waals surface area contributed by atoms with Gasteiger partial charge in [0.15, 0.2) is 0 Å². The minimum Gasteiger partial charge on any atom is -0.273 e. The van der Waals surface area contributed by atoms with Crippen molar-refractivity contribution in [2.45, 2.75) is 11.8 Å². The van der Waals surface area contributed by atoms with E-state index in [2.05, 4.69) is 35.1 Å². The molecule has 1 heterocycles. The van der Waals surface area contributed by atoms with Gasteiger partial charge in [-0.15, -0.1) is 0 Å². The lowest BCUT2D eigenvalue weighted by atomic mass is 9.53. The summed E-state index contributed by atoms with van der Waals surface area (Å²) >= 11 is 0. The van der Waals surface area contributed by atoms with Crippen LogP contribution in [0, 0.1) is 11.8 Å². The molecule has 2 bridgehead atoms. The highest BCUT2D eigenvalue weighted by Crippen LogP contribution is 2.58. The van der Waals surface area contributed by atoms with Crippen LogP contribution in [0.5, 0.6) is 0 Å². The van der Waals surface area contributed by atoms with Crippen molar-refractivity contribution in [2.24, 2.45) is 11.8 Å². The van der Waals surface area contributed by atoms with Crippen LogP contribution in [0.1, 0.15) is 34.1 Å². The number of hydrazine groups is 1. The van der Waals surface area contributed by atoms with Gasteiger partial charge in [-0.3, -0.25) is 20.4 Å². The zero-order valence-electron chi connectivity index (χ0n) is 11.7. The van der Waals surface area contributed by atoms with Crippen LogP contribution in [0.15, 0.2) is 48.5 Å². The van der Waals surface area contributed by atoms with Crippen molar-refractivity contribution in [1.82, 2.24) is 10.9 Å². The smallest absolute Gasteiger partial charge is 0.243 e. The molecule has 1 fully saturated rings. The van der Waals surface area contributed by atoms with E-state index in [4.69, 9.17) is 0 Å². The molecule has 22 heavy (non-hydrogen) atoms. The number of rotatable bonds is 0. The van der Waals surface area contributed by atoms with Gasteiger partial charge < -0.3 is 0 Å². The molecule has 0 saturated carbocycles. The first-order valence-electron chi connectivity index (χ1n) is 7.54. The monoisotopic (exact) mass is 290 g/mol. The lowest BCUT2D eigenvalue weighted by molar-refractivity contribution is -0.145. The standard InChI is InChI=1S/C18H14N2O2/c21-17-15-13-9-5-1-2-6-10(9)14(16(15)18(22)20-19-17)12-8-4-3-7-11(12)13/h1-8,13-16H,(H,19,21)(H,20,22). The van der Waals surface area contributed by atoms with Gasteiger partial charge in [0.05, 0.1) is 11.8 Å². The Bertz CT molecular complexity index is 714. The molecule has 4 heteroatoms. The van der Waals surface area contributed by atoms with Crippen LogP contribution in [0.2, 0.25) is 0 Å². The zero-order valence-corrected chi connectivity index (χ0v) is 11.7. The molecule has 2 aromatic carbocycles. The molecule has 0 radical (unpaired) electrons. The number of benzene rings is 2. The molecule has 2 unspecified atom stereocenters. The van der Waals surface area contributed by atoms with Crippen molar-refractivity contribution in [3.63, 3.8) is 0 Å². The Morgan fingerprint density at radius 3 is 1.23 bits per heavy atom. The Balaban J connectivity index is 1.85. The Hall–Kier alpha value is -2.62. The Morgan fingerprint density at radius 2 is 0.909 bits per heavy atom. The third-order valence-electron chi connectivity index (χ3n) is 5.35. The number of hydrogen-bond donors (Lipinski definition) is 2. The largest absolute Gasteiger partial charge is 0.273 e. The first-order chi connectivity index (χ1) is 10.8. The summed E-state index contributed by atoms with van der Waals surface area (Å²) < 4.78 is 0. The molecule has 0 aromatic heterocycles. The second kappa shape index (κ2) is 3.97. The van der Waals surface area contributed by atoms with Gasteiger partial charge in [-0.05, 0) is 22.3 Å². The van der Waals surface area contributed by atoms with E-state index >= 15 is 0 Å². The molecule has 6 rings (SSSR count). The van der Waals surface area contributed by atoms with Crippen LogP contribution in [-0.2, 0) is 9.59 Å². The van der Waals surface area contributed by atoms with E-state index in [1.165, 1.54) is 22.3 Å². The van der Waals surface area contributed by atoms with Gasteiger partial charge in [-0.25, -0.2) is 0 Å². The molecule has 0 spiro atoms. The van der Waals surface area contributed by atoms with Crippen LogP contribution in [0.4, 0.5) is 0 Å². The molecule has 2 amide bonds. The summed E-state index contributed by atoms with van der Waals surface area (Å²) in [5, 5.41) is 0. The minimum atomic E-state index is -0.316. The first-order valence-corrected chi connectivity index (χ1v) is 7.54. The van der Waals surface area contributed by atoms with Gasteiger partial charge in [0.2, 0.25) is 11.8 Å². The van der Waals surface area contributed by atoms with E-state index in [-0.39, 0.29) is 35.5 Å². The quantitative estimate of drug-likeness (QED) is 0.775. The number of carbonyl (C=O) groups is 2. The van der Waals surface area contributed by atoms with E-state index in [1.54, 1.807) is 0 Å². The predicted molar refractivity (Wildman–Crippen MR) is 79.8 cm³/mol. The summed E-state index contributed by atoms with van der Waals surface area (Å²) in [6, 6.07) is 16.4. The Labute approximate surface area is 127 Å². The molecule has 1 saturated heterocycles. The van der Waals surface area contributed by atoms with Gasteiger partial charge >= 0.3 is 0 Å². The topological polar surface area (TPSA) is 58.2 Å². The molecule has 2 aromatic rings. The SMILES string of the molecule is O=C1NNC(=O)C2C3c4ccccc4C(c4ccccc43)C12. The minimum absolute atomic E-state index is 0.0338. The van der Waals surface area contributed by atoms with Crippen molar-refractivity contribution in [1.29, 1.82) is 0 Å². The fraction of sp³-hybridized carbons (Fsp3) is 0.222. The van der Waals surface area contributed by atoms with Gasteiger partial charge in [0.1, 0.15) is 0 Å². The third kappa shape index (κ3) is 1.28. The van der Waals surface area contributed by atoms with Crippen molar-refractivity contribution >= 4 is 11.8 Å². The molecular weight excluding hydrogens is 276 g/mol. The van der Waals surface area contributed by atoms with Crippen molar-refractivity contribution < 1.29 is 9.59 Å². The first kappa shape index (κ1) is 12.0. The fourth-order valence-corrected chi connectivity index (χ4v) is 4.60. The predicted octanol–water partition coefficient (Wildman–Crippen LogP) is 1.67. The number of nitrogens with one attached hydrogen (secondary N) is 2. The number of hydrogen-bond acceptors (Lipinski definition) is 2. The summed E-state index contributed by atoms with van der Waals surface area (Å²) in [5.41, 5.74) is 9.85. The van der Waals surface area contributed by atoms with Crippen molar-refractivity contribution in [3.8, 4) is 0 Å². The third-order valence-corrected chi connectivity index (χ3v) is 5.35. The van der Waals surface area contributed by atoms with Crippen LogP contribution in [-0.4, -0.2) is 11.8 Å². The highest BCUT2D eigenvalue weighted by atomic mass is 16.2. The van der Waals surface area contributed by atoms with Crippen LogP contribution >= 0.6 is 0 Å². The molecule has 4 nitrogen and oxygen atoms in total. The summed E-state index contributed by atoms with van der Waals surface area (Å²) in [5.74, 6) is -0.860. The maximum Gasteiger partial charge on any atom is 0.243 e. The van der Waals surface area contributed by atoms with Crippen molar-refractivity contribution in [3.05, 3.63) is 70.8 Å². The van der Waals surface area contributed by atoms with Gasteiger partial charge in [-0.2, -0.15) is 0 Å². The van der Waals surface area contributed by atoms with E-state index < -0.39 is 0 Å². The summed E-state index contributed by atoms with van der Waals surface area (Å²) in [7, 11) is 0. The molecular formula is C18H14N2O2. The van der Waals surface area contributed by atoms with Crippen LogP contribution in [0.25, 0.3) is 0 Å². The molecule has 2 atom stereocenters. The highest BCUT2D eigenvalue weighted by molar-refractivity contribution is 5.96. The normalized spacial score (nSPS) is 30.7. The summed E-state index contributed by atoms with van der Waals surface area (Å²) in [6.45, 7) is 0. The Kier molecular flexibility index (Phi) is 2.16. The lowest BCUT2D eigenvalue weighted by Crippen LogP contribution is -2.62. The maximum atomic E-state index is 12.5. The van der Waals surface area contributed by atoms with E-state index in [1.807, 2.05) is 24.3 Å². The second-order valence-corrected chi connectivity index (χ2v) is 6.24. The fourth-order valence-electron chi connectivity index (χ4n) is 4.60. The molecule has 108 valence electrons. The number of carbonyl (C=O) groups excluding carboxylic acids is 2. The van der Waals surface area contributed by atoms with Gasteiger partial charge in [-0.1, -0.05) is 48.5 Å². The van der Waals surface area contributed by atoms with E-state index in [9.17, 15) is 9.59 Å². The van der Waals surface area contributed by atoms with Crippen LogP contribution in [0.3, 0.4) is 0 Å². The van der Waals surface area contributed by atoms with Gasteiger partial charge in [0, 0.05) is 11.8 Å². The average molecular weight is 290 g/mol. The summed E-state index contributed by atoms with van der Waals surface area (Å²) in [6.07, 6.45) is 0. The van der Waals surface area contributed by atoms with E-state index in [0.717, 1.165) is 0 Å². The average Bonchev–Trinajstić information content (AvgIpc) is 2.58. The van der Waals surface area contributed by atoms with Gasteiger partial charge in [0.25, 0.3) is 0 Å². The second-order valence-electron chi connectivity index (χ2n) is 6.24. The summed E-state index contributed by atoms with van der Waals surface area (Å²) in [4.78, 5) is 24.9. The number of amides is 2. The lowest BCUT2D eigenvalue weighted by Gasteiger charge is -2.50. The molecule has 1 aliphatic heterocycles. The van der Waals surface area contributed by atoms with Crippen molar-refractivity contribution in [2.75, 3.05) is 0 Å². The molecule has 4 aliphatic rings.